The zero-order valence-electron chi connectivity index (χ0n) is 9.61. The second-order valence-electron chi connectivity index (χ2n) is 3.73. The Kier molecular flexibility index (Phi) is 3.31. The van der Waals surface area contributed by atoms with E-state index < -0.39 is 11.1 Å². The highest BCUT2D eigenvalue weighted by Crippen LogP contribution is 2.15. The van der Waals surface area contributed by atoms with E-state index in [9.17, 15) is 4.79 Å². The highest BCUT2D eigenvalue weighted by Gasteiger charge is 2.14. The number of aryl methyl sites for hydroxylation is 1. The smallest absolute Gasteiger partial charge is 0.262 e. The van der Waals surface area contributed by atoms with Crippen molar-refractivity contribution in [2.45, 2.75) is 6.92 Å². The molecule has 1 heterocycles. The number of hydrogen-bond acceptors (Lipinski definition) is 5. The van der Waals surface area contributed by atoms with Gasteiger partial charge in [0.05, 0.1) is 0 Å². The predicted molar refractivity (Wildman–Crippen MR) is 61.9 cm³/mol. The standard InChI is InChI=1S/C12H11N3O3/c1-8-2-4-9(5-3-8)11-13-7-6-10(14-11)12(16)15(17)18/h2-7,17-18H,1H3. The number of nitrogens with zero attached hydrogens (tertiary/aromatic N) is 3. The fourth-order valence-corrected chi connectivity index (χ4v) is 1.42. The van der Waals surface area contributed by atoms with Crippen molar-refractivity contribution in [1.82, 2.24) is 15.2 Å². The Morgan fingerprint density at radius 3 is 2.44 bits per heavy atom. The summed E-state index contributed by atoms with van der Waals surface area (Å²) in [7, 11) is 0. The van der Waals surface area contributed by atoms with E-state index in [2.05, 4.69) is 9.97 Å². The molecular weight excluding hydrogens is 234 g/mol. The summed E-state index contributed by atoms with van der Waals surface area (Å²) in [5, 5.41) is 16.8. The lowest BCUT2D eigenvalue weighted by Gasteiger charge is -2.06. The molecule has 0 fully saturated rings. The first-order valence-electron chi connectivity index (χ1n) is 5.20. The number of hydrogen-bond donors (Lipinski definition) is 2. The first-order valence-corrected chi connectivity index (χ1v) is 5.20. The van der Waals surface area contributed by atoms with E-state index in [1.54, 1.807) is 0 Å². The van der Waals surface area contributed by atoms with Crippen LogP contribution in [-0.2, 0) is 0 Å². The van der Waals surface area contributed by atoms with Gasteiger partial charge < -0.3 is 0 Å². The Morgan fingerprint density at radius 2 is 1.83 bits per heavy atom. The highest BCUT2D eigenvalue weighted by molar-refractivity contribution is 5.90. The molecule has 1 amide bonds. The number of aromatic nitrogens is 2. The van der Waals surface area contributed by atoms with Crippen LogP contribution in [0.25, 0.3) is 11.4 Å². The molecule has 0 saturated heterocycles. The van der Waals surface area contributed by atoms with Crippen LogP contribution < -0.4 is 0 Å². The molecule has 1 aromatic carbocycles. The Morgan fingerprint density at radius 1 is 1.17 bits per heavy atom. The normalized spacial score (nSPS) is 10.2. The summed E-state index contributed by atoms with van der Waals surface area (Å²) >= 11 is 0. The SMILES string of the molecule is Cc1ccc(-c2nccc(C(=O)N(O)O)n2)cc1. The average Bonchev–Trinajstić information content (AvgIpc) is 2.38. The molecule has 6 heteroatoms. The molecule has 0 spiro atoms. The molecule has 0 atom stereocenters. The molecule has 18 heavy (non-hydrogen) atoms. The maximum atomic E-state index is 11.3. The second-order valence-corrected chi connectivity index (χ2v) is 3.73. The lowest BCUT2D eigenvalue weighted by molar-refractivity contribution is -0.260. The van der Waals surface area contributed by atoms with E-state index in [1.807, 2.05) is 31.2 Å². The largest absolute Gasteiger partial charge is 0.321 e. The lowest BCUT2D eigenvalue weighted by atomic mass is 10.1. The Labute approximate surface area is 103 Å². The fraction of sp³-hybridized carbons (Fsp3) is 0.0833. The number of amides is 1. The summed E-state index contributed by atoms with van der Waals surface area (Å²) in [6, 6.07) is 8.76. The first-order chi connectivity index (χ1) is 8.58. The molecule has 0 aliphatic rings. The van der Waals surface area contributed by atoms with E-state index in [-0.39, 0.29) is 5.69 Å². The van der Waals surface area contributed by atoms with Crippen molar-refractivity contribution in [3.05, 3.63) is 47.8 Å². The average molecular weight is 245 g/mol. The minimum Gasteiger partial charge on any atom is -0.262 e. The summed E-state index contributed by atoms with van der Waals surface area (Å²) in [6.45, 7) is 1.96. The molecule has 2 N–H and O–H groups in total. The molecule has 0 bridgehead atoms. The molecule has 92 valence electrons. The number of rotatable bonds is 2. The van der Waals surface area contributed by atoms with Crippen LogP contribution in [0.3, 0.4) is 0 Å². The van der Waals surface area contributed by atoms with E-state index in [1.165, 1.54) is 12.3 Å². The van der Waals surface area contributed by atoms with Crippen LogP contribution in [0.1, 0.15) is 16.1 Å². The van der Waals surface area contributed by atoms with Crippen molar-refractivity contribution in [3.8, 4) is 11.4 Å². The monoisotopic (exact) mass is 245 g/mol. The number of carbonyl (C=O) groups excluding carboxylic acids is 1. The van der Waals surface area contributed by atoms with Gasteiger partial charge in [-0.2, -0.15) is 0 Å². The van der Waals surface area contributed by atoms with Crippen LogP contribution in [0.4, 0.5) is 0 Å². The minimum atomic E-state index is -1.01. The van der Waals surface area contributed by atoms with Crippen molar-refractivity contribution in [2.24, 2.45) is 0 Å². The van der Waals surface area contributed by atoms with Gasteiger partial charge in [-0.15, -0.1) is 0 Å². The number of benzene rings is 1. The quantitative estimate of drug-likeness (QED) is 0.620. The zero-order valence-corrected chi connectivity index (χ0v) is 9.61. The van der Waals surface area contributed by atoms with E-state index in [4.69, 9.17) is 10.4 Å². The molecule has 2 rings (SSSR count). The van der Waals surface area contributed by atoms with Crippen molar-refractivity contribution >= 4 is 5.91 Å². The molecule has 0 saturated carbocycles. The third kappa shape index (κ3) is 2.50. The van der Waals surface area contributed by atoms with Gasteiger partial charge in [0.15, 0.2) is 5.82 Å². The number of hydroxylamine groups is 2. The van der Waals surface area contributed by atoms with Gasteiger partial charge in [-0.25, -0.2) is 9.97 Å². The number of carbonyl (C=O) groups is 1. The van der Waals surface area contributed by atoms with Crippen LogP contribution in [0.15, 0.2) is 36.5 Å². The van der Waals surface area contributed by atoms with Gasteiger partial charge in [0.1, 0.15) is 5.69 Å². The van der Waals surface area contributed by atoms with Gasteiger partial charge in [0.25, 0.3) is 0 Å². The van der Waals surface area contributed by atoms with Crippen LogP contribution in [0.2, 0.25) is 0 Å². The van der Waals surface area contributed by atoms with E-state index in [0.717, 1.165) is 11.1 Å². The summed E-state index contributed by atoms with van der Waals surface area (Å²) in [5.74, 6) is -0.659. The van der Waals surface area contributed by atoms with Crippen molar-refractivity contribution < 1.29 is 15.2 Å². The summed E-state index contributed by atoms with van der Waals surface area (Å²) in [5.41, 5.74) is 1.76. The van der Waals surface area contributed by atoms with Crippen LogP contribution >= 0.6 is 0 Å². The van der Waals surface area contributed by atoms with Gasteiger partial charge in [-0.05, 0) is 13.0 Å². The molecular formula is C12H11N3O3. The Bertz CT molecular complexity index is 567. The van der Waals surface area contributed by atoms with Crippen molar-refractivity contribution in [1.29, 1.82) is 0 Å². The third-order valence-electron chi connectivity index (χ3n) is 2.37. The van der Waals surface area contributed by atoms with Crippen LogP contribution in [0.5, 0.6) is 0 Å². The third-order valence-corrected chi connectivity index (χ3v) is 2.37. The molecule has 0 radical (unpaired) electrons. The van der Waals surface area contributed by atoms with Crippen LogP contribution in [0, 0.1) is 6.92 Å². The summed E-state index contributed by atoms with van der Waals surface area (Å²) < 4.78 is 0. The second kappa shape index (κ2) is 4.91. The fourth-order valence-electron chi connectivity index (χ4n) is 1.42. The molecule has 6 nitrogen and oxygen atoms in total. The Hall–Kier alpha value is -2.31. The first kappa shape index (κ1) is 12.2. The van der Waals surface area contributed by atoms with Gasteiger partial charge >= 0.3 is 5.91 Å². The van der Waals surface area contributed by atoms with Crippen LogP contribution in [-0.4, -0.2) is 31.5 Å². The van der Waals surface area contributed by atoms with Crippen molar-refractivity contribution in [3.63, 3.8) is 0 Å². The maximum Gasteiger partial charge on any atom is 0.321 e. The molecule has 0 unspecified atom stereocenters. The topological polar surface area (TPSA) is 86.6 Å². The van der Waals surface area contributed by atoms with E-state index >= 15 is 0 Å². The minimum absolute atomic E-state index is 0.0921. The zero-order chi connectivity index (χ0) is 13.1. The van der Waals surface area contributed by atoms with Gasteiger partial charge in [0, 0.05) is 11.8 Å². The van der Waals surface area contributed by atoms with Gasteiger partial charge in [-0.1, -0.05) is 35.1 Å². The summed E-state index contributed by atoms with van der Waals surface area (Å²) in [6.07, 6.45) is 1.39. The predicted octanol–water partition coefficient (Wildman–Crippen LogP) is 1.67. The lowest BCUT2D eigenvalue weighted by Crippen LogP contribution is -2.24. The van der Waals surface area contributed by atoms with Crippen molar-refractivity contribution in [2.75, 3.05) is 0 Å². The molecule has 0 aliphatic heterocycles. The molecule has 2 aromatic rings. The molecule has 1 aromatic heterocycles. The van der Waals surface area contributed by atoms with E-state index in [0.29, 0.717) is 5.82 Å². The maximum absolute atomic E-state index is 11.3. The molecule has 0 aliphatic carbocycles. The summed E-state index contributed by atoms with van der Waals surface area (Å²) in [4.78, 5) is 19.3. The van der Waals surface area contributed by atoms with Gasteiger partial charge in [-0.3, -0.25) is 15.2 Å². The highest BCUT2D eigenvalue weighted by atomic mass is 16.8. The van der Waals surface area contributed by atoms with Gasteiger partial charge in [0.2, 0.25) is 0 Å². The Balaban J connectivity index is 2.38.